The standard InChI is InChI=1S/C10H10ClN3S/c1-7-5-9(14-10(11)13-7)12-6-8-3-2-4-15-8/h2-5H,6H2,1H3,(H,12,13,14). The first-order valence-corrected chi connectivity index (χ1v) is 5.77. The molecule has 0 radical (unpaired) electrons. The number of nitrogens with one attached hydrogen (secondary N) is 1. The van der Waals surface area contributed by atoms with Crippen molar-refractivity contribution in [2.75, 3.05) is 5.32 Å². The predicted molar refractivity (Wildman–Crippen MR) is 63.4 cm³/mol. The van der Waals surface area contributed by atoms with Gasteiger partial charge in [-0.3, -0.25) is 0 Å². The van der Waals surface area contributed by atoms with Gasteiger partial charge in [0.2, 0.25) is 5.28 Å². The topological polar surface area (TPSA) is 37.8 Å². The minimum Gasteiger partial charge on any atom is -0.365 e. The number of hydrogen-bond acceptors (Lipinski definition) is 4. The zero-order chi connectivity index (χ0) is 10.7. The highest BCUT2D eigenvalue weighted by Gasteiger charge is 1.99. The molecule has 2 rings (SSSR count). The zero-order valence-corrected chi connectivity index (χ0v) is 9.77. The van der Waals surface area contributed by atoms with Crippen LogP contribution >= 0.6 is 22.9 Å². The SMILES string of the molecule is Cc1cc(NCc2cccs2)nc(Cl)n1. The van der Waals surface area contributed by atoms with Crippen LogP contribution in [0.3, 0.4) is 0 Å². The summed E-state index contributed by atoms with van der Waals surface area (Å²) >= 11 is 7.46. The van der Waals surface area contributed by atoms with E-state index in [1.165, 1.54) is 4.88 Å². The first-order chi connectivity index (χ1) is 7.24. The Labute approximate surface area is 97.2 Å². The molecule has 5 heteroatoms. The number of aryl methyl sites for hydroxylation is 1. The van der Waals surface area contributed by atoms with Gasteiger partial charge >= 0.3 is 0 Å². The van der Waals surface area contributed by atoms with Crippen LogP contribution < -0.4 is 5.32 Å². The van der Waals surface area contributed by atoms with Crippen molar-refractivity contribution in [3.63, 3.8) is 0 Å². The molecule has 3 nitrogen and oxygen atoms in total. The van der Waals surface area contributed by atoms with Crippen LogP contribution in [0.1, 0.15) is 10.6 Å². The van der Waals surface area contributed by atoms with Crippen molar-refractivity contribution < 1.29 is 0 Å². The minimum absolute atomic E-state index is 0.281. The maximum Gasteiger partial charge on any atom is 0.224 e. The highest BCUT2D eigenvalue weighted by molar-refractivity contribution is 7.09. The third-order valence-electron chi connectivity index (χ3n) is 1.85. The van der Waals surface area contributed by atoms with Crippen LogP contribution in [-0.2, 0) is 6.54 Å². The number of nitrogens with zero attached hydrogens (tertiary/aromatic N) is 2. The van der Waals surface area contributed by atoms with Gasteiger partial charge in [-0.05, 0) is 30.0 Å². The molecular formula is C10H10ClN3S. The van der Waals surface area contributed by atoms with E-state index < -0.39 is 0 Å². The Morgan fingerprint density at radius 2 is 2.33 bits per heavy atom. The molecule has 0 atom stereocenters. The smallest absolute Gasteiger partial charge is 0.224 e. The van der Waals surface area contributed by atoms with E-state index in [-0.39, 0.29) is 5.28 Å². The molecule has 2 aromatic heterocycles. The van der Waals surface area contributed by atoms with Crippen LogP contribution in [0, 0.1) is 6.92 Å². The fourth-order valence-corrected chi connectivity index (χ4v) is 2.08. The van der Waals surface area contributed by atoms with Crippen molar-refractivity contribution in [3.05, 3.63) is 39.4 Å². The van der Waals surface area contributed by atoms with E-state index >= 15 is 0 Å². The van der Waals surface area contributed by atoms with Gasteiger partial charge in [-0.2, -0.15) is 0 Å². The highest BCUT2D eigenvalue weighted by atomic mass is 35.5. The van der Waals surface area contributed by atoms with Gasteiger partial charge in [0.15, 0.2) is 0 Å². The van der Waals surface area contributed by atoms with Gasteiger partial charge in [0.25, 0.3) is 0 Å². The maximum atomic E-state index is 5.75. The Morgan fingerprint density at radius 3 is 3.00 bits per heavy atom. The number of rotatable bonds is 3. The summed E-state index contributed by atoms with van der Waals surface area (Å²) in [6.07, 6.45) is 0. The van der Waals surface area contributed by atoms with Crippen LogP contribution in [0.25, 0.3) is 0 Å². The molecule has 2 heterocycles. The average molecular weight is 240 g/mol. The molecule has 0 bridgehead atoms. The molecular weight excluding hydrogens is 230 g/mol. The van der Waals surface area contributed by atoms with Gasteiger partial charge in [-0.25, -0.2) is 9.97 Å². The summed E-state index contributed by atoms with van der Waals surface area (Å²) in [5.41, 5.74) is 0.865. The van der Waals surface area contributed by atoms with Crippen LogP contribution in [0.5, 0.6) is 0 Å². The molecule has 1 N–H and O–H groups in total. The van der Waals surface area contributed by atoms with Crippen molar-refractivity contribution in [1.29, 1.82) is 0 Å². The monoisotopic (exact) mass is 239 g/mol. The maximum absolute atomic E-state index is 5.75. The summed E-state index contributed by atoms with van der Waals surface area (Å²) in [5, 5.41) is 5.54. The fraction of sp³-hybridized carbons (Fsp3) is 0.200. The average Bonchev–Trinajstić information content (AvgIpc) is 2.65. The lowest BCUT2D eigenvalue weighted by Gasteiger charge is -2.04. The van der Waals surface area contributed by atoms with E-state index in [1.807, 2.05) is 19.1 Å². The lowest BCUT2D eigenvalue weighted by atomic mass is 10.4. The lowest BCUT2D eigenvalue weighted by Crippen LogP contribution is -2.01. The molecule has 0 amide bonds. The van der Waals surface area contributed by atoms with Crippen LogP contribution in [0.15, 0.2) is 23.6 Å². The molecule has 2 aromatic rings. The normalized spacial score (nSPS) is 10.3. The Morgan fingerprint density at radius 1 is 1.47 bits per heavy atom. The summed E-state index contributed by atoms with van der Waals surface area (Å²) in [7, 11) is 0. The molecule has 0 spiro atoms. The molecule has 78 valence electrons. The predicted octanol–water partition coefficient (Wildman–Crippen LogP) is 3.11. The first-order valence-electron chi connectivity index (χ1n) is 4.51. The van der Waals surface area contributed by atoms with Crippen LogP contribution in [0.2, 0.25) is 5.28 Å². The third kappa shape index (κ3) is 2.91. The quantitative estimate of drug-likeness (QED) is 0.837. The zero-order valence-electron chi connectivity index (χ0n) is 8.20. The first kappa shape index (κ1) is 10.4. The summed E-state index contributed by atoms with van der Waals surface area (Å²) in [4.78, 5) is 9.34. The second-order valence-corrected chi connectivity index (χ2v) is 4.47. The van der Waals surface area contributed by atoms with Gasteiger partial charge in [0.05, 0.1) is 6.54 Å². The number of anilines is 1. The lowest BCUT2D eigenvalue weighted by molar-refractivity contribution is 1.06. The minimum atomic E-state index is 0.281. The van der Waals surface area contributed by atoms with E-state index in [1.54, 1.807) is 11.3 Å². The van der Waals surface area contributed by atoms with Gasteiger partial charge in [-0.1, -0.05) is 6.07 Å². The summed E-state index contributed by atoms with van der Waals surface area (Å²) in [6.45, 7) is 2.66. The van der Waals surface area contributed by atoms with Crippen molar-refractivity contribution in [3.8, 4) is 0 Å². The number of hydrogen-bond donors (Lipinski definition) is 1. The van der Waals surface area contributed by atoms with Crippen LogP contribution in [0.4, 0.5) is 5.82 Å². The second kappa shape index (κ2) is 4.59. The van der Waals surface area contributed by atoms with Crippen molar-refractivity contribution in [2.24, 2.45) is 0 Å². The second-order valence-electron chi connectivity index (χ2n) is 3.10. The Hall–Kier alpha value is -1.13. The van der Waals surface area contributed by atoms with Gasteiger partial charge in [-0.15, -0.1) is 11.3 Å². The van der Waals surface area contributed by atoms with Crippen molar-refractivity contribution in [2.45, 2.75) is 13.5 Å². The van der Waals surface area contributed by atoms with Crippen molar-refractivity contribution in [1.82, 2.24) is 9.97 Å². The summed E-state index contributed by atoms with van der Waals surface area (Å²) in [6, 6.07) is 5.98. The Kier molecular flexibility index (Phi) is 3.18. The Balaban J connectivity index is 2.05. The summed E-state index contributed by atoms with van der Waals surface area (Å²) < 4.78 is 0. The Bertz CT molecular complexity index is 422. The van der Waals surface area contributed by atoms with E-state index in [4.69, 9.17) is 11.6 Å². The van der Waals surface area contributed by atoms with Crippen molar-refractivity contribution >= 4 is 28.8 Å². The molecule has 0 aliphatic heterocycles. The van der Waals surface area contributed by atoms with E-state index in [0.29, 0.717) is 0 Å². The number of thiophene rings is 1. The molecule has 0 aromatic carbocycles. The molecule has 0 aliphatic rings. The molecule has 0 fully saturated rings. The van der Waals surface area contributed by atoms with E-state index in [0.717, 1.165) is 18.1 Å². The van der Waals surface area contributed by atoms with E-state index in [2.05, 4.69) is 26.7 Å². The highest BCUT2D eigenvalue weighted by Crippen LogP contribution is 2.13. The van der Waals surface area contributed by atoms with Gasteiger partial charge in [0, 0.05) is 16.6 Å². The third-order valence-corrected chi connectivity index (χ3v) is 2.90. The fourth-order valence-electron chi connectivity index (χ4n) is 1.21. The van der Waals surface area contributed by atoms with Crippen LogP contribution in [-0.4, -0.2) is 9.97 Å². The molecule has 15 heavy (non-hydrogen) atoms. The van der Waals surface area contributed by atoms with E-state index in [9.17, 15) is 0 Å². The van der Waals surface area contributed by atoms with Gasteiger partial charge < -0.3 is 5.32 Å². The molecule has 0 saturated carbocycles. The summed E-state index contributed by atoms with van der Waals surface area (Å²) in [5.74, 6) is 0.765. The number of aromatic nitrogens is 2. The molecule has 0 aliphatic carbocycles. The van der Waals surface area contributed by atoms with Gasteiger partial charge in [0.1, 0.15) is 5.82 Å². The molecule has 0 saturated heterocycles. The largest absolute Gasteiger partial charge is 0.365 e. The number of halogens is 1. The molecule has 0 unspecified atom stereocenters.